The van der Waals surface area contributed by atoms with Gasteiger partial charge in [0.2, 0.25) is 5.88 Å². The summed E-state index contributed by atoms with van der Waals surface area (Å²) in [5.74, 6) is -1.24. The number of nitrogens with zero attached hydrogens (tertiary/aromatic N) is 3. The molecule has 8 nitrogen and oxygen atoms in total. The van der Waals surface area contributed by atoms with Crippen LogP contribution in [0.5, 0.6) is 5.88 Å². The van der Waals surface area contributed by atoms with Crippen LogP contribution in [-0.4, -0.2) is 41.3 Å². The van der Waals surface area contributed by atoms with Crippen LogP contribution in [0.15, 0.2) is 35.6 Å². The number of halogens is 4. The molecule has 154 valence electrons. The maximum absolute atomic E-state index is 14.3. The molecule has 3 rings (SSSR count). The summed E-state index contributed by atoms with van der Waals surface area (Å²) in [6.07, 6.45) is -5.13. The van der Waals surface area contributed by atoms with Crippen LogP contribution in [0.25, 0.3) is 0 Å². The highest BCUT2D eigenvalue weighted by molar-refractivity contribution is 6.02. The van der Waals surface area contributed by atoms with Crippen molar-refractivity contribution in [1.82, 2.24) is 9.97 Å². The molecule has 3 N–H and O–H groups in total. The van der Waals surface area contributed by atoms with E-state index in [1.165, 1.54) is 31.6 Å². The number of hydrogen-bond donors (Lipinski definition) is 2. The number of benzene rings is 1. The molecule has 1 aliphatic rings. The number of carbonyl (C=O) groups is 1. The molecule has 1 amide bonds. The molecular formula is C17H15F4N5O3. The number of methoxy groups -OCH3 is 1. The number of anilines is 1. The number of nitrogens with two attached hydrogens (primary N) is 1. The first-order valence-corrected chi connectivity index (χ1v) is 8.21. The standard InChI is InChI=1S/C17H15F4N5O3/c1-28-14-7-23-12(6-24-14)15(27)25-8-2-3-10(18)9(4-8)11-5-13(17(19,20)21)29-16(22)26-11/h2-4,6-7,11,13H,5H2,1H3,(H2,22,26)(H,25,27). The van der Waals surface area contributed by atoms with Crippen LogP contribution in [0.4, 0.5) is 23.2 Å². The summed E-state index contributed by atoms with van der Waals surface area (Å²) in [7, 11) is 1.39. The zero-order valence-electron chi connectivity index (χ0n) is 14.9. The van der Waals surface area contributed by atoms with E-state index in [-0.39, 0.29) is 22.8 Å². The number of ether oxygens (including phenoxy) is 2. The van der Waals surface area contributed by atoms with Crippen LogP contribution in [0, 0.1) is 5.82 Å². The van der Waals surface area contributed by atoms with Crippen LogP contribution in [0.1, 0.15) is 28.5 Å². The van der Waals surface area contributed by atoms with Crippen molar-refractivity contribution in [3.63, 3.8) is 0 Å². The monoisotopic (exact) mass is 413 g/mol. The summed E-state index contributed by atoms with van der Waals surface area (Å²) >= 11 is 0. The Morgan fingerprint density at radius 2 is 2.07 bits per heavy atom. The number of rotatable bonds is 4. The molecule has 2 heterocycles. The number of amidine groups is 1. The van der Waals surface area contributed by atoms with Crippen molar-refractivity contribution in [3.05, 3.63) is 47.7 Å². The Bertz CT molecular complexity index is 934. The van der Waals surface area contributed by atoms with E-state index in [0.717, 1.165) is 6.07 Å². The minimum absolute atomic E-state index is 0.0397. The zero-order valence-corrected chi connectivity index (χ0v) is 14.9. The van der Waals surface area contributed by atoms with Crippen LogP contribution in [-0.2, 0) is 4.74 Å². The van der Waals surface area contributed by atoms with Crippen molar-refractivity contribution >= 4 is 17.6 Å². The molecule has 0 spiro atoms. The molecule has 0 saturated heterocycles. The van der Waals surface area contributed by atoms with Gasteiger partial charge in [0, 0.05) is 17.7 Å². The molecule has 0 saturated carbocycles. The number of aliphatic imine (C=N–C) groups is 1. The van der Waals surface area contributed by atoms with E-state index >= 15 is 0 Å². The first-order chi connectivity index (χ1) is 13.7. The summed E-state index contributed by atoms with van der Waals surface area (Å²) in [4.78, 5) is 23.7. The Hall–Kier alpha value is -3.44. The third-order valence-corrected chi connectivity index (χ3v) is 4.03. The fourth-order valence-corrected chi connectivity index (χ4v) is 2.64. The van der Waals surface area contributed by atoms with Gasteiger partial charge in [0.1, 0.15) is 11.5 Å². The van der Waals surface area contributed by atoms with Crippen molar-refractivity contribution in [2.75, 3.05) is 12.4 Å². The number of hydrogen-bond acceptors (Lipinski definition) is 7. The molecular weight excluding hydrogens is 398 g/mol. The smallest absolute Gasteiger partial charge is 0.425 e. The summed E-state index contributed by atoms with van der Waals surface area (Å²) < 4.78 is 62.6. The Morgan fingerprint density at radius 3 is 2.69 bits per heavy atom. The van der Waals surface area contributed by atoms with Crippen molar-refractivity contribution in [1.29, 1.82) is 0 Å². The van der Waals surface area contributed by atoms with E-state index in [9.17, 15) is 22.4 Å². The number of amides is 1. The first kappa shape index (κ1) is 20.3. The summed E-state index contributed by atoms with van der Waals surface area (Å²) in [6.45, 7) is 0. The molecule has 0 aliphatic carbocycles. The lowest BCUT2D eigenvalue weighted by atomic mass is 9.98. The normalized spacial score (nSPS) is 19.1. The lowest BCUT2D eigenvalue weighted by molar-refractivity contribution is -0.204. The predicted molar refractivity (Wildman–Crippen MR) is 92.8 cm³/mol. The quantitative estimate of drug-likeness (QED) is 0.746. The van der Waals surface area contributed by atoms with E-state index in [4.69, 9.17) is 10.5 Å². The topological polar surface area (TPSA) is 112 Å². The molecule has 2 atom stereocenters. The number of nitrogens with one attached hydrogen (secondary N) is 1. The van der Waals surface area contributed by atoms with Crippen molar-refractivity contribution in [2.45, 2.75) is 24.7 Å². The SMILES string of the molecule is COc1cnc(C(=O)Nc2ccc(F)c(C3CC(C(F)(F)F)OC(N)=N3)c2)cn1. The highest BCUT2D eigenvalue weighted by Gasteiger charge is 2.46. The van der Waals surface area contributed by atoms with Gasteiger partial charge in [0.25, 0.3) is 11.9 Å². The Kier molecular flexibility index (Phi) is 5.52. The second-order valence-electron chi connectivity index (χ2n) is 6.00. The minimum Gasteiger partial charge on any atom is -0.480 e. The lowest BCUT2D eigenvalue weighted by Gasteiger charge is -2.29. The largest absolute Gasteiger partial charge is 0.480 e. The van der Waals surface area contributed by atoms with Gasteiger partial charge >= 0.3 is 6.18 Å². The molecule has 12 heteroatoms. The van der Waals surface area contributed by atoms with E-state index in [2.05, 4.69) is 25.0 Å². The second-order valence-corrected chi connectivity index (χ2v) is 6.00. The molecule has 1 aromatic carbocycles. The van der Waals surface area contributed by atoms with Crippen LogP contribution >= 0.6 is 0 Å². The summed E-state index contributed by atoms with van der Waals surface area (Å²) in [6, 6.07) is 1.53. The molecule has 2 aromatic rings. The Labute approximate surface area is 161 Å². The van der Waals surface area contributed by atoms with Crippen LogP contribution in [0.2, 0.25) is 0 Å². The summed E-state index contributed by atoms with van der Waals surface area (Å²) in [5.41, 5.74) is 5.26. The molecule has 2 unspecified atom stereocenters. The highest BCUT2D eigenvalue weighted by atomic mass is 19.4. The van der Waals surface area contributed by atoms with Crippen LogP contribution < -0.4 is 15.8 Å². The molecule has 1 aliphatic heterocycles. The predicted octanol–water partition coefficient (Wildman–Crippen LogP) is 2.58. The Balaban J connectivity index is 1.82. The van der Waals surface area contributed by atoms with E-state index < -0.39 is 42.5 Å². The van der Waals surface area contributed by atoms with Gasteiger partial charge in [0.15, 0.2) is 6.10 Å². The summed E-state index contributed by atoms with van der Waals surface area (Å²) in [5, 5.41) is 2.47. The average molecular weight is 413 g/mol. The average Bonchev–Trinajstić information content (AvgIpc) is 2.68. The fraction of sp³-hybridized carbons (Fsp3) is 0.294. The van der Waals surface area contributed by atoms with Gasteiger partial charge in [-0.2, -0.15) is 13.2 Å². The maximum atomic E-state index is 14.3. The third kappa shape index (κ3) is 4.70. The lowest BCUT2D eigenvalue weighted by Crippen LogP contribution is -2.40. The Morgan fingerprint density at radius 1 is 1.31 bits per heavy atom. The van der Waals surface area contributed by atoms with Crippen LogP contribution in [0.3, 0.4) is 0 Å². The number of carbonyl (C=O) groups excluding carboxylic acids is 1. The molecule has 0 bridgehead atoms. The van der Waals surface area contributed by atoms with E-state index in [0.29, 0.717) is 0 Å². The van der Waals surface area contributed by atoms with Gasteiger partial charge in [-0.15, -0.1) is 0 Å². The van der Waals surface area contributed by atoms with Gasteiger partial charge in [-0.3, -0.25) is 4.79 Å². The van der Waals surface area contributed by atoms with Gasteiger partial charge < -0.3 is 20.5 Å². The third-order valence-electron chi connectivity index (χ3n) is 4.03. The first-order valence-electron chi connectivity index (χ1n) is 8.21. The fourth-order valence-electron chi connectivity index (χ4n) is 2.64. The second kappa shape index (κ2) is 7.89. The molecule has 29 heavy (non-hydrogen) atoms. The van der Waals surface area contributed by atoms with Crippen molar-refractivity contribution in [3.8, 4) is 5.88 Å². The maximum Gasteiger partial charge on any atom is 0.425 e. The van der Waals surface area contributed by atoms with Crippen molar-refractivity contribution in [2.24, 2.45) is 10.7 Å². The van der Waals surface area contributed by atoms with Gasteiger partial charge in [-0.05, 0) is 18.2 Å². The molecule has 1 aromatic heterocycles. The zero-order chi connectivity index (χ0) is 21.2. The van der Waals surface area contributed by atoms with Gasteiger partial charge in [-0.25, -0.2) is 19.4 Å². The van der Waals surface area contributed by atoms with Gasteiger partial charge in [-0.1, -0.05) is 0 Å². The molecule has 0 fully saturated rings. The van der Waals surface area contributed by atoms with E-state index in [1.807, 2.05) is 0 Å². The number of alkyl halides is 3. The number of aromatic nitrogens is 2. The molecule has 0 radical (unpaired) electrons. The van der Waals surface area contributed by atoms with Gasteiger partial charge in [0.05, 0.1) is 25.5 Å². The van der Waals surface area contributed by atoms with E-state index in [1.54, 1.807) is 0 Å². The minimum atomic E-state index is -4.69. The van der Waals surface area contributed by atoms with Crippen molar-refractivity contribution < 1.29 is 31.8 Å². The highest BCUT2D eigenvalue weighted by Crippen LogP contribution is 2.37.